The lowest BCUT2D eigenvalue weighted by atomic mass is 10.1. The molecule has 2 heterocycles. The van der Waals surface area contributed by atoms with Gasteiger partial charge in [-0.15, -0.1) is 11.3 Å². The van der Waals surface area contributed by atoms with E-state index in [4.69, 9.17) is 20.8 Å². The summed E-state index contributed by atoms with van der Waals surface area (Å²) in [6.45, 7) is 0. The van der Waals surface area contributed by atoms with Gasteiger partial charge in [-0.05, 0) is 54.6 Å². The number of halogens is 1. The Morgan fingerprint density at radius 3 is 2.68 bits per heavy atom. The molecule has 0 spiro atoms. The van der Waals surface area contributed by atoms with Gasteiger partial charge in [0.1, 0.15) is 5.75 Å². The lowest BCUT2D eigenvalue weighted by Gasteiger charge is -2.31. The Labute approximate surface area is 189 Å². The molecule has 1 aliphatic rings. The van der Waals surface area contributed by atoms with Crippen molar-refractivity contribution in [2.24, 2.45) is 0 Å². The van der Waals surface area contributed by atoms with Crippen LogP contribution in [0, 0.1) is 0 Å². The minimum absolute atomic E-state index is 0.108. The topological polar surface area (TPSA) is 71.8 Å². The van der Waals surface area contributed by atoms with E-state index in [0.29, 0.717) is 16.5 Å². The molecule has 162 valence electrons. The van der Waals surface area contributed by atoms with Gasteiger partial charge in [-0.25, -0.2) is 0 Å². The van der Waals surface area contributed by atoms with E-state index < -0.39 is 11.9 Å². The van der Waals surface area contributed by atoms with E-state index >= 15 is 0 Å². The molecule has 1 N–H and O–H groups in total. The number of carbonyl (C=O) groups excluding carboxylic acids is 2. The number of nitrogens with zero attached hydrogens (tertiary/aromatic N) is 1. The molecule has 0 saturated heterocycles. The second-order valence-electron chi connectivity index (χ2n) is 7.38. The summed E-state index contributed by atoms with van der Waals surface area (Å²) < 4.78 is 10.9. The summed E-state index contributed by atoms with van der Waals surface area (Å²) in [5.74, 6) is -0.140. The van der Waals surface area contributed by atoms with Crippen LogP contribution in [-0.2, 0) is 4.79 Å². The summed E-state index contributed by atoms with van der Waals surface area (Å²) in [5, 5.41) is 5.45. The molecule has 2 aromatic heterocycles. The molecule has 6 nitrogen and oxygen atoms in total. The van der Waals surface area contributed by atoms with E-state index in [2.05, 4.69) is 5.32 Å². The average molecular weight is 459 g/mol. The van der Waals surface area contributed by atoms with E-state index in [0.717, 1.165) is 30.6 Å². The normalized spacial score (nSPS) is 14.9. The number of hydrogen-bond donors (Lipinski definition) is 1. The van der Waals surface area contributed by atoms with Gasteiger partial charge >= 0.3 is 0 Å². The van der Waals surface area contributed by atoms with Crippen molar-refractivity contribution in [3.8, 4) is 5.75 Å². The van der Waals surface area contributed by atoms with Crippen molar-refractivity contribution < 1.29 is 18.7 Å². The quantitative estimate of drug-likeness (QED) is 0.511. The molecule has 4 rings (SSSR count). The van der Waals surface area contributed by atoms with E-state index in [-0.39, 0.29) is 17.7 Å². The number of hydrogen-bond acceptors (Lipinski definition) is 5. The van der Waals surface area contributed by atoms with Crippen molar-refractivity contribution >= 4 is 40.4 Å². The lowest BCUT2D eigenvalue weighted by Crippen LogP contribution is -2.46. The lowest BCUT2D eigenvalue weighted by molar-refractivity contribution is -0.123. The van der Waals surface area contributed by atoms with Gasteiger partial charge in [0, 0.05) is 15.9 Å². The van der Waals surface area contributed by atoms with Gasteiger partial charge < -0.3 is 14.5 Å². The highest BCUT2D eigenvalue weighted by Crippen LogP contribution is 2.39. The Kier molecular flexibility index (Phi) is 6.63. The highest BCUT2D eigenvalue weighted by Gasteiger charge is 2.37. The van der Waals surface area contributed by atoms with Crippen LogP contribution in [0.25, 0.3) is 0 Å². The van der Waals surface area contributed by atoms with Gasteiger partial charge in [0.2, 0.25) is 5.91 Å². The zero-order valence-electron chi connectivity index (χ0n) is 17.0. The molecule has 3 aromatic rings. The summed E-state index contributed by atoms with van der Waals surface area (Å²) in [4.78, 5) is 29.3. The molecule has 0 bridgehead atoms. The van der Waals surface area contributed by atoms with Crippen LogP contribution in [0.2, 0.25) is 5.02 Å². The van der Waals surface area contributed by atoms with E-state index in [1.807, 2.05) is 17.5 Å². The monoisotopic (exact) mass is 458 g/mol. The van der Waals surface area contributed by atoms with Crippen LogP contribution in [0.15, 0.2) is 58.5 Å². The zero-order chi connectivity index (χ0) is 21.8. The Bertz CT molecular complexity index is 1030. The fourth-order valence-corrected chi connectivity index (χ4v) is 4.89. The number of carbonyl (C=O) groups is 2. The van der Waals surface area contributed by atoms with Crippen molar-refractivity contribution in [2.75, 3.05) is 12.0 Å². The predicted octanol–water partition coefficient (Wildman–Crippen LogP) is 5.45. The van der Waals surface area contributed by atoms with Crippen LogP contribution in [0.5, 0.6) is 5.75 Å². The first kappa shape index (κ1) is 21.5. The highest BCUT2D eigenvalue weighted by molar-refractivity contribution is 7.10. The fraction of sp³-hybridized carbons (Fsp3) is 0.304. The third-order valence-corrected chi connectivity index (χ3v) is 6.53. The third-order valence-electron chi connectivity index (χ3n) is 5.37. The number of methoxy groups -OCH3 is 1. The minimum Gasteiger partial charge on any atom is -0.495 e. The minimum atomic E-state index is -0.898. The zero-order valence-corrected chi connectivity index (χ0v) is 18.6. The van der Waals surface area contributed by atoms with Crippen LogP contribution in [0.1, 0.15) is 47.2 Å². The van der Waals surface area contributed by atoms with Crippen molar-refractivity contribution in [1.82, 2.24) is 5.32 Å². The molecule has 2 amide bonds. The van der Waals surface area contributed by atoms with Gasteiger partial charge in [0.05, 0.1) is 19.1 Å². The van der Waals surface area contributed by atoms with E-state index in [1.165, 1.54) is 29.6 Å². The maximum atomic E-state index is 13.6. The summed E-state index contributed by atoms with van der Waals surface area (Å²) in [6.07, 6.45) is 5.49. The first-order valence-corrected chi connectivity index (χ1v) is 11.4. The van der Waals surface area contributed by atoms with Crippen molar-refractivity contribution in [3.05, 3.63) is 69.8 Å². The summed E-state index contributed by atoms with van der Waals surface area (Å²) in [7, 11) is 1.51. The predicted molar refractivity (Wildman–Crippen MR) is 121 cm³/mol. The van der Waals surface area contributed by atoms with Gasteiger partial charge in [-0.2, -0.15) is 0 Å². The number of furan rings is 1. The first-order valence-electron chi connectivity index (χ1n) is 10.1. The van der Waals surface area contributed by atoms with Crippen LogP contribution in [0.4, 0.5) is 5.69 Å². The summed E-state index contributed by atoms with van der Waals surface area (Å²) >= 11 is 7.69. The number of amides is 2. The summed E-state index contributed by atoms with van der Waals surface area (Å²) in [6, 6.07) is 11.1. The van der Waals surface area contributed by atoms with E-state index in [9.17, 15) is 9.59 Å². The Morgan fingerprint density at radius 1 is 1.23 bits per heavy atom. The van der Waals surface area contributed by atoms with Crippen LogP contribution in [-0.4, -0.2) is 25.0 Å². The molecule has 0 radical (unpaired) electrons. The second kappa shape index (κ2) is 9.58. The van der Waals surface area contributed by atoms with Crippen LogP contribution in [0.3, 0.4) is 0 Å². The number of nitrogens with one attached hydrogen (secondary N) is 1. The smallest absolute Gasteiger partial charge is 0.295 e. The first-order chi connectivity index (χ1) is 15.1. The SMILES string of the molecule is COc1ccc(Cl)cc1N(C(=O)c1ccco1)C(C(=O)NC1CCCC1)c1cccs1. The molecule has 1 saturated carbocycles. The Hall–Kier alpha value is -2.77. The Morgan fingerprint density at radius 2 is 2.03 bits per heavy atom. The standard InChI is InChI=1S/C23H23ClN2O4S/c1-29-18-11-10-15(24)14-17(18)26(23(28)19-8-4-12-30-19)21(20-9-5-13-31-20)22(27)25-16-6-2-3-7-16/h4-5,8-14,16,21H,2-3,6-7H2,1H3,(H,25,27). The maximum absolute atomic E-state index is 13.6. The van der Waals surface area contributed by atoms with Crippen LogP contribution < -0.4 is 15.0 Å². The number of rotatable bonds is 7. The molecular weight excluding hydrogens is 436 g/mol. The van der Waals surface area contributed by atoms with Gasteiger partial charge in [-0.1, -0.05) is 30.5 Å². The van der Waals surface area contributed by atoms with Crippen LogP contribution >= 0.6 is 22.9 Å². The molecule has 1 aliphatic carbocycles. The van der Waals surface area contributed by atoms with Gasteiger partial charge in [0.15, 0.2) is 11.8 Å². The Balaban J connectivity index is 1.83. The molecule has 1 atom stereocenters. The molecule has 31 heavy (non-hydrogen) atoms. The van der Waals surface area contributed by atoms with Gasteiger partial charge in [-0.3, -0.25) is 14.5 Å². The van der Waals surface area contributed by atoms with Crippen molar-refractivity contribution in [3.63, 3.8) is 0 Å². The molecule has 1 unspecified atom stereocenters. The molecular formula is C23H23ClN2O4S. The van der Waals surface area contributed by atoms with Gasteiger partial charge in [0.25, 0.3) is 5.91 Å². The van der Waals surface area contributed by atoms with E-state index in [1.54, 1.807) is 30.3 Å². The largest absolute Gasteiger partial charge is 0.495 e. The molecule has 8 heteroatoms. The van der Waals surface area contributed by atoms with Crippen molar-refractivity contribution in [2.45, 2.75) is 37.8 Å². The number of thiophene rings is 1. The number of benzene rings is 1. The second-order valence-corrected chi connectivity index (χ2v) is 8.79. The third kappa shape index (κ3) is 4.62. The number of anilines is 1. The fourth-order valence-electron chi connectivity index (χ4n) is 3.91. The molecule has 0 aliphatic heterocycles. The molecule has 1 aromatic carbocycles. The summed E-state index contributed by atoms with van der Waals surface area (Å²) in [5.41, 5.74) is 0.399. The van der Waals surface area contributed by atoms with Crippen molar-refractivity contribution in [1.29, 1.82) is 0 Å². The number of ether oxygens (including phenoxy) is 1. The average Bonchev–Trinajstić information content (AvgIpc) is 3.55. The maximum Gasteiger partial charge on any atom is 0.295 e. The highest BCUT2D eigenvalue weighted by atomic mass is 35.5. The molecule has 1 fully saturated rings.